The molecule has 0 atom stereocenters. The van der Waals surface area contributed by atoms with Crippen molar-refractivity contribution < 1.29 is 4.42 Å². The molecule has 0 amide bonds. The summed E-state index contributed by atoms with van der Waals surface area (Å²) in [4.78, 5) is 2.46. The van der Waals surface area contributed by atoms with Crippen LogP contribution in [0.1, 0.15) is 22.3 Å². The van der Waals surface area contributed by atoms with Crippen molar-refractivity contribution in [2.75, 3.05) is 4.90 Å². The molecule has 0 saturated heterocycles. The molecule has 0 radical (unpaired) electrons. The molecule has 0 unspecified atom stereocenters. The second kappa shape index (κ2) is 13.0. The molecule has 1 aromatic heterocycles. The number of hydrogen-bond donors (Lipinski definition) is 0. The number of rotatable bonds is 4. The van der Waals surface area contributed by atoms with Gasteiger partial charge in [0.2, 0.25) is 0 Å². The summed E-state index contributed by atoms with van der Waals surface area (Å²) in [7, 11) is 0. The van der Waals surface area contributed by atoms with E-state index in [1.807, 2.05) is 0 Å². The van der Waals surface area contributed by atoms with Gasteiger partial charge in [0, 0.05) is 27.6 Å². The van der Waals surface area contributed by atoms with Crippen LogP contribution in [0.3, 0.4) is 0 Å². The first kappa shape index (κ1) is 34.0. The minimum Gasteiger partial charge on any atom is -0.455 e. The highest BCUT2D eigenvalue weighted by atomic mass is 16.3. The van der Waals surface area contributed by atoms with Gasteiger partial charge in [-0.05, 0) is 96.6 Å². The van der Waals surface area contributed by atoms with Crippen LogP contribution in [-0.2, 0) is 5.41 Å². The Morgan fingerprint density at radius 2 is 0.836 bits per heavy atom. The van der Waals surface area contributed by atoms with Crippen molar-refractivity contribution in [2.24, 2.45) is 0 Å². The minimum atomic E-state index is -0.445. The van der Waals surface area contributed by atoms with Gasteiger partial charge in [-0.2, -0.15) is 0 Å². The lowest BCUT2D eigenvalue weighted by Gasteiger charge is -2.45. The first-order chi connectivity index (χ1) is 30.3. The molecular weight excluding hydrogens is 739 g/mol. The number of nitrogens with zero attached hydrogens (tertiary/aromatic N) is 1. The normalized spacial score (nSPS) is 13.3. The van der Waals surface area contributed by atoms with Gasteiger partial charge < -0.3 is 9.32 Å². The molecule has 1 spiro atoms. The molecule has 2 aliphatic rings. The average molecular weight is 776 g/mol. The number of fused-ring (bicyclic) bond motifs is 15. The molecule has 1 aliphatic heterocycles. The van der Waals surface area contributed by atoms with Crippen molar-refractivity contribution in [2.45, 2.75) is 5.41 Å². The summed E-state index contributed by atoms with van der Waals surface area (Å²) in [5, 5.41) is 5.85. The van der Waals surface area contributed by atoms with Crippen LogP contribution in [-0.4, -0.2) is 0 Å². The van der Waals surface area contributed by atoms with Crippen LogP contribution in [0.15, 0.2) is 229 Å². The van der Waals surface area contributed by atoms with E-state index in [4.69, 9.17) is 4.42 Å². The van der Waals surface area contributed by atoms with Crippen molar-refractivity contribution in [3.63, 3.8) is 0 Å². The van der Waals surface area contributed by atoms with Crippen LogP contribution < -0.4 is 4.90 Å². The molecule has 0 bridgehead atoms. The zero-order valence-electron chi connectivity index (χ0n) is 33.2. The van der Waals surface area contributed by atoms with E-state index >= 15 is 0 Å². The van der Waals surface area contributed by atoms with Gasteiger partial charge in [0.15, 0.2) is 0 Å². The Bertz CT molecular complexity index is 3450. The second-order valence-electron chi connectivity index (χ2n) is 16.3. The number of benzene rings is 10. The van der Waals surface area contributed by atoms with E-state index in [0.717, 1.165) is 50.1 Å². The van der Waals surface area contributed by atoms with E-state index in [-0.39, 0.29) is 0 Å². The molecule has 0 fully saturated rings. The lowest BCUT2D eigenvalue weighted by Crippen LogP contribution is -2.36. The largest absolute Gasteiger partial charge is 0.455 e. The Hall–Kier alpha value is -7.94. The van der Waals surface area contributed by atoms with Crippen molar-refractivity contribution in [3.05, 3.63) is 247 Å². The van der Waals surface area contributed by atoms with Gasteiger partial charge >= 0.3 is 0 Å². The standard InChI is InChI=1S/C59H37NO/c1-2-17-38(18-3-1)40-19-16-20-41(37-40)57-55(56-47-25-6-4-21-43(47)44-22-5-7-26-48(44)58(56)61-57)39-33-35-42(36-34-39)60-53-31-14-12-29-51(53)59(52-30-13-15-32-54(52)60)49-27-10-8-23-45(49)46-24-9-11-28-50(46)59/h1-37H. The van der Waals surface area contributed by atoms with E-state index in [2.05, 4.69) is 229 Å². The van der Waals surface area contributed by atoms with E-state index < -0.39 is 5.41 Å². The van der Waals surface area contributed by atoms with Crippen LogP contribution >= 0.6 is 0 Å². The highest BCUT2D eigenvalue weighted by Crippen LogP contribution is 2.63. The van der Waals surface area contributed by atoms with Crippen molar-refractivity contribution in [1.82, 2.24) is 0 Å². The third kappa shape index (κ3) is 4.73. The van der Waals surface area contributed by atoms with E-state index in [1.165, 1.54) is 66.5 Å². The Kier molecular flexibility index (Phi) is 7.26. The van der Waals surface area contributed by atoms with Crippen molar-refractivity contribution >= 4 is 49.6 Å². The summed E-state index contributed by atoms with van der Waals surface area (Å²) < 4.78 is 7.19. The first-order valence-corrected chi connectivity index (χ1v) is 21.1. The smallest absolute Gasteiger partial charge is 0.143 e. The quantitative estimate of drug-likeness (QED) is 0.166. The summed E-state index contributed by atoms with van der Waals surface area (Å²) in [5.41, 5.74) is 17.4. The molecule has 0 saturated carbocycles. The molecule has 1 aliphatic carbocycles. The molecular formula is C59H37NO. The Morgan fingerprint density at radius 1 is 0.344 bits per heavy atom. The zero-order valence-corrected chi connectivity index (χ0v) is 33.2. The summed E-state index contributed by atoms with van der Waals surface area (Å²) in [6.45, 7) is 0. The van der Waals surface area contributed by atoms with Crippen molar-refractivity contribution in [3.8, 4) is 44.7 Å². The van der Waals surface area contributed by atoms with E-state index in [9.17, 15) is 0 Å². The maximum Gasteiger partial charge on any atom is 0.143 e. The average Bonchev–Trinajstić information content (AvgIpc) is 3.88. The van der Waals surface area contributed by atoms with Crippen molar-refractivity contribution in [1.29, 1.82) is 0 Å². The molecule has 284 valence electrons. The van der Waals surface area contributed by atoms with Crippen LogP contribution in [0, 0.1) is 0 Å². The Labute approximate surface area is 354 Å². The molecule has 13 rings (SSSR count). The molecule has 10 aromatic carbocycles. The summed E-state index contributed by atoms with van der Waals surface area (Å²) in [5.74, 6) is 0.871. The summed E-state index contributed by atoms with van der Waals surface area (Å²) in [6.07, 6.45) is 0. The fourth-order valence-corrected chi connectivity index (χ4v) is 10.8. The number of para-hydroxylation sites is 2. The highest BCUT2D eigenvalue weighted by Gasteiger charge is 2.51. The molecule has 61 heavy (non-hydrogen) atoms. The summed E-state index contributed by atoms with van der Waals surface area (Å²) in [6, 6.07) is 82.0. The van der Waals surface area contributed by atoms with Crippen LogP contribution in [0.4, 0.5) is 17.1 Å². The highest BCUT2D eigenvalue weighted by molar-refractivity contribution is 6.28. The maximum atomic E-state index is 7.19. The number of furan rings is 1. The molecule has 2 heteroatoms. The second-order valence-corrected chi connectivity index (χ2v) is 16.3. The third-order valence-electron chi connectivity index (χ3n) is 13.3. The zero-order chi connectivity index (χ0) is 40.1. The first-order valence-electron chi connectivity index (χ1n) is 21.1. The topological polar surface area (TPSA) is 16.4 Å². The Balaban J connectivity index is 1.03. The molecule has 11 aromatic rings. The number of hydrogen-bond acceptors (Lipinski definition) is 2. The lowest BCUT2D eigenvalue weighted by molar-refractivity contribution is 0.636. The van der Waals surface area contributed by atoms with Gasteiger partial charge in [-0.3, -0.25) is 0 Å². The predicted molar refractivity (Wildman–Crippen MR) is 253 cm³/mol. The van der Waals surface area contributed by atoms with Gasteiger partial charge in [0.05, 0.1) is 16.8 Å². The van der Waals surface area contributed by atoms with Crippen LogP contribution in [0.5, 0.6) is 0 Å². The van der Waals surface area contributed by atoms with E-state index in [1.54, 1.807) is 0 Å². The summed E-state index contributed by atoms with van der Waals surface area (Å²) >= 11 is 0. The van der Waals surface area contributed by atoms with Gasteiger partial charge in [-0.1, -0.05) is 194 Å². The van der Waals surface area contributed by atoms with Crippen LogP contribution in [0.2, 0.25) is 0 Å². The maximum absolute atomic E-state index is 7.19. The van der Waals surface area contributed by atoms with Crippen LogP contribution in [0.25, 0.3) is 77.2 Å². The monoisotopic (exact) mass is 775 g/mol. The minimum absolute atomic E-state index is 0.445. The van der Waals surface area contributed by atoms with Gasteiger partial charge in [0.1, 0.15) is 11.3 Å². The number of anilines is 3. The van der Waals surface area contributed by atoms with E-state index in [0.29, 0.717) is 0 Å². The fraction of sp³-hybridized carbons (Fsp3) is 0.0169. The molecule has 0 N–H and O–H groups in total. The Morgan fingerprint density at radius 3 is 1.49 bits per heavy atom. The predicted octanol–water partition coefficient (Wildman–Crippen LogP) is 15.9. The SMILES string of the molecule is c1ccc(-c2cccc(-c3oc4c5ccccc5c5ccccc5c4c3-c3ccc(N4c5ccccc5C5(c6ccccc6-c6ccccc65)c5ccccc54)cc3)c2)cc1. The lowest BCUT2D eigenvalue weighted by atomic mass is 9.64. The van der Waals surface area contributed by atoms with Gasteiger partial charge in [-0.25, -0.2) is 0 Å². The molecule has 2 heterocycles. The molecule has 2 nitrogen and oxygen atoms in total. The van der Waals surface area contributed by atoms with Gasteiger partial charge in [-0.15, -0.1) is 0 Å². The fourth-order valence-electron chi connectivity index (χ4n) is 10.8. The van der Waals surface area contributed by atoms with Gasteiger partial charge in [0.25, 0.3) is 0 Å². The third-order valence-corrected chi connectivity index (χ3v) is 13.3.